The van der Waals surface area contributed by atoms with E-state index >= 15 is 0 Å². The maximum Gasteiger partial charge on any atom is 0.272 e. The number of rotatable bonds is 6. The molecule has 154 valence electrons. The molecule has 4 aromatic rings. The Labute approximate surface area is 176 Å². The second kappa shape index (κ2) is 8.11. The van der Waals surface area contributed by atoms with Gasteiger partial charge in [0.1, 0.15) is 27.1 Å². The summed E-state index contributed by atoms with van der Waals surface area (Å²) in [4.78, 5) is 35.7. The molecule has 0 spiro atoms. The lowest BCUT2D eigenvalue weighted by atomic mass is 10.2. The van der Waals surface area contributed by atoms with Crippen molar-refractivity contribution in [2.24, 2.45) is 0 Å². The Balaban J connectivity index is 1.71. The van der Waals surface area contributed by atoms with Crippen LogP contribution in [0.1, 0.15) is 19.4 Å². The summed E-state index contributed by atoms with van der Waals surface area (Å²) >= 11 is 1.28. The zero-order valence-corrected chi connectivity index (χ0v) is 17.5. The number of thiophene rings is 1. The molecule has 8 nitrogen and oxygen atoms in total. The predicted molar refractivity (Wildman–Crippen MR) is 117 cm³/mol. The first-order valence-corrected chi connectivity index (χ1v) is 10.2. The molecule has 4 rings (SSSR count). The van der Waals surface area contributed by atoms with Gasteiger partial charge in [0.2, 0.25) is 5.91 Å². The largest absolute Gasteiger partial charge is 0.497 e. The molecule has 1 N–H and O–H groups in total. The maximum absolute atomic E-state index is 13.1. The number of carbonyl (C=O) groups is 1. The monoisotopic (exact) mass is 424 g/mol. The van der Waals surface area contributed by atoms with Gasteiger partial charge in [-0.1, -0.05) is 6.92 Å². The van der Waals surface area contributed by atoms with Crippen LogP contribution in [0, 0.1) is 0 Å². The number of anilines is 1. The zero-order chi connectivity index (χ0) is 21.3. The van der Waals surface area contributed by atoms with Crippen LogP contribution in [0.25, 0.3) is 20.4 Å². The summed E-state index contributed by atoms with van der Waals surface area (Å²) < 4.78 is 12.4. The molecule has 0 fully saturated rings. The molecule has 1 atom stereocenters. The Bertz CT molecular complexity index is 1280. The van der Waals surface area contributed by atoms with Crippen molar-refractivity contribution < 1.29 is 14.3 Å². The predicted octanol–water partition coefficient (Wildman–Crippen LogP) is 3.61. The number of amides is 1. The Morgan fingerprint density at radius 1 is 1.20 bits per heavy atom. The van der Waals surface area contributed by atoms with Crippen molar-refractivity contribution in [3.63, 3.8) is 0 Å². The molecule has 9 heteroatoms. The zero-order valence-electron chi connectivity index (χ0n) is 16.7. The molecule has 0 aliphatic heterocycles. The minimum Gasteiger partial charge on any atom is -0.497 e. The van der Waals surface area contributed by atoms with E-state index < -0.39 is 6.04 Å². The normalized spacial score (nSPS) is 12.1. The van der Waals surface area contributed by atoms with Crippen LogP contribution in [0.4, 0.5) is 5.69 Å². The summed E-state index contributed by atoms with van der Waals surface area (Å²) in [6.07, 6.45) is 3.54. The minimum absolute atomic E-state index is 0.256. The number of hydrogen-bond donors (Lipinski definition) is 1. The molecule has 0 bridgehead atoms. The van der Waals surface area contributed by atoms with Gasteiger partial charge in [-0.3, -0.25) is 14.2 Å². The average molecular weight is 424 g/mol. The number of carbonyl (C=O) groups excluding carboxylic acids is 1. The summed E-state index contributed by atoms with van der Waals surface area (Å²) in [6.45, 7) is 1.85. The first-order valence-electron chi connectivity index (χ1n) is 9.34. The smallest absolute Gasteiger partial charge is 0.272 e. The lowest BCUT2D eigenvalue weighted by Crippen LogP contribution is -2.33. The van der Waals surface area contributed by atoms with Crippen molar-refractivity contribution in [3.8, 4) is 11.5 Å². The summed E-state index contributed by atoms with van der Waals surface area (Å²) in [5, 5.41) is 3.68. The van der Waals surface area contributed by atoms with Gasteiger partial charge < -0.3 is 14.8 Å². The standard InChI is InChI=1S/C21H20N4O4S/c1-4-16(19(26)24-12-8-13(28-2)10-14(9-12)29-3)25-11-23-17-15-6-5-7-22-20(15)30-18(17)21(25)27/h5-11,16H,4H2,1-3H3,(H,24,26). The first kappa shape index (κ1) is 19.8. The lowest BCUT2D eigenvalue weighted by molar-refractivity contribution is -0.119. The topological polar surface area (TPSA) is 95.3 Å². The number of nitrogens with zero attached hydrogens (tertiary/aromatic N) is 3. The third-order valence-corrected chi connectivity index (χ3v) is 5.91. The molecule has 3 heterocycles. The molecule has 1 amide bonds. The molecular formula is C21H20N4O4S. The number of methoxy groups -OCH3 is 2. The highest BCUT2D eigenvalue weighted by molar-refractivity contribution is 7.25. The Kier molecular flexibility index (Phi) is 5.37. The summed E-state index contributed by atoms with van der Waals surface area (Å²) in [5.74, 6) is 0.779. The van der Waals surface area contributed by atoms with E-state index in [9.17, 15) is 9.59 Å². The first-order chi connectivity index (χ1) is 14.5. The summed E-state index contributed by atoms with van der Waals surface area (Å²) in [6, 6.07) is 8.07. The third kappa shape index (κ3) is 3.48. The van der Waals surface area contributed by atoms with Crippen molar-refractivity contribution in [3.05, 3.63) is 53.2 Å². The number of pyridine rings is 1. The van der Waals surface area contributed by atoms with Gasteiger partial charge in [0.15, 0.2) is 0 Å². The molecule has 0 aliphatic rings. The van der Waals surface area contributed by atoms with Gasteiger partial charge in [0.25, 0.3) is 5.56 Å². The van der Waals surface area contributed by atoms with E-state index in [4.69, 9.17) is 9.47 Å². The Morgan fingerprint density at radius 2 is 1.93 bits per heavy atom. The minimum atomic E-state index is -0.718. The van der Waals surface area contributed by atoms with Crippen LogP contribution in [0.15, 0.2) is 47.7 Å². The molecule has 3 aromatic heterocycles. The highest BCUT2D eigenvalue weighted by Crippen LogP contribution is 2.29. The van der Waals surface area contributed by atoms with Crippen molar-refractivity contribution >= 4 is 43.4 Å². The Morgan fingerprint density at radius 3 is 2.60 bits per heavy atom. The summed E-state index contributed by atoms with van der Waals surface area (Å²) in [5.41, 5.74) is 0.869. The number of hydrogen-bond acceptors (Lipinski definition) is 7. The molecule has 30 heavy (non-hydrogen) atoms. The van der Waals surface area contributed by atoms with Crippen LogP contribution < -0.4 is 20.3 Å². The van der Waals surface area contributed by atoms with Crippen molar-refractivity contribution in [1.29, 1.82) is 0 Å². The van der Waals surface area contributed by atoms with Crippen molar-refractivity contribution in [2.75, 3.05) is 19.5 Å². The molecule has 1 unspecified atom stereocenters. The van der Waals surface area contributed by atoms with E-state index in [0.717, 1.165) is 10.2 Å². The molecule has 0 aliphatic carbocycles. The number of benzene rings is 1. The van der Waals surface area contributed by atoms with E-state index in [2.05, 4.69) is 15.3 Å². The lowest BCUT2D eigenvalue weighted by Gasteiger charge is -2.18. The fraction of sp³-hybridized carbons (Fsp3) is 0.238. The number of ether oxygens (including phenoxy) is 2. The van der Waals surface area contributed by atoms with Crippen LogP contribution in [0.3, 0.4) is 0 Å². The van der Waals surface area contributed by atoms with E-state index in [1.165, 1.54) is 36.5 Å². The van der Waals surface area contributed by atoms with E-state index in [-0.39, 0.29) is 11.5 Å². The number of fused-ring (bicyclic) bond motifs is 3. The van der Waals surface area contributed by atoms with Gasteiger partial charge in [-0.15, -0.1) is 11.3 Å². The molecule has 0 saturated carbocycles. The number of aromatic nitrogens is 3. The van der Waals surface area contributed by atoms with Crippen LogP contribution in [0.5, 0.6) is 11.5 Å². The quantitative estimate of drug-likeness (QED) is 0.508. The van der Waals surface area contributed by atoms with Gasteiger partial charge in [-0.25, -0.2) is 9.97 Å². The number of nitrogens with one attached hydrogen (secondary N) is 1. The van der Waals surface area contributed by atoms with Crippen molar-refractivity contribution in [2.45, 2.75) is 19.4 Å². The molecular weight excluding hydrogens is 404 g/mol. The highest BCUT2D eigenvalue weighted by Gasteiger charge is 2.23. The van der Waals surface area contributed by atoms with Gasteiger partial charge in [-0.05, 0) is 18.6 Å². The fourth-order valence-corrected chi connectivity index (χ4v) is 4.35. The van der Waals surface area contributed by atoms with E-state index in [1.807, 2.05) is 19.1 Å². The van der Waals surface area contributed by atoms with Gasteiger partial charge in [0.05, 0.1) is 26.1 Å². The van der Waals surface area contributed by atoms with Crippen LogP contribution in [0.2, 0.25) is 0 Å². The van der Waals surface area contributed by atoms with Crippen LogP contribution >= 0.6 is 11.3 Å². The van der Waals surface area contributed by atoms with E-state index in [1.54, 1.807) is 24.4 Å². The van der Waals surface area contributed by atoms with E-state index in [0.29, 0.717) is 33.8 Å². The third-order valence-electron chi connectivity index (χ3n) is 4.82. The Hall–Kier alpha value is -3.46. The van der Waals surface area contributed by atoms with Gasteiger partial charge in [0, 0.05) is 35.5 Å². The highest BCUT2D eigenvalue weighted by atomic mass is 32.1. The average Bonchev–Trinajstić information content (AvgIpc) is 3.15. The van der Waals surface area contributed by atoms with Gasteiger partial charge in [-0.2, -0.15) is 0 Å². The molecule has 0 radical (unpaired) electrons. The van der Waals surface area contributed by atoms with Crippen LogP contribution in [-0.4, -0.2) is 34.7 Å². The SMILES string of the molecule is CCC(C(=O)Nc1cc(OC)cc(OC)c1)n1cnc2c(sc3ncccc32)c1=O. The van der Waals surface area contributed by atoms with Crippen LogP contribution in [-0.2, 0) is 4.79 Å². The van der Waals surface area contributed by atoms with Crippen molar-refractivity contribution in [1.82, 2.24) is 14.5 Å². The maximum atomic E-state index is 13.1. The fourth-order valence-electron chi connectivity index (χ4n) is 3.32. The molecule has 1 aromatic carbocycles. The summed E-state index contributed by atoms with van der Waals surface area (Å²) in [7, 11) is 3.07. The second-order valence-corrected chi connectivity index (χ2v) is 7.61. The molecule has 0 saturated heterocycles. The van der Waals surface area contributed by atoms with Gasteiger partial charge >= 0.3 is 0 Å². The second-order valence-electron chi connectivity index (χ2n) is 6.61.